The molecule has 0 radical (unpaired) electrons. The first kappa shape index (κ1) is 14.0. The van der Waals surface area contributed by atoms with Gasteiger partial charge in [0.25, 0.3) is 5.91 Å². The molecule has 0 aromatic carbocycles. The maximum absolute atomic E-state index is 12.0. The van der Waals surface area contributed by atoms with E-state index in [1.54, 1.807) is 19.2 Å². The molecule has 0 fully saturated rings. The highest BCUT2D eigenvalue weighted by Crippen LogP contribution is 2.18. The normalized spacial score (nSPS) is 11.0. The van der Waals surface area contributed by atoms with Crippen LogP contribution in [0.25, 0.3) is 17.2 Å². The Morgan fingerprint density at radius 3 is 3.09 bits per heavy atom. The van der Waals surface area contributed by atoms with Crippen molar-refractivity contribution < 1.29 is 13.9 Å². The molecule has 9 nitrogen and oxygen atoms in total. The summed E-state index contributed by atoms with van der Waals surface area (Å²) in [6.45, 7) is 0.795. The van der Waals surface area contributed by atoms with Crippen LogP contribution in [0.1, 0.15) is 10.5 Å². The molecule has 0 spiro atoms. The number of hydrogen-bond donors (Lipinski definition) is 2. The lowest BCUT2D eigenvalue weighted by Crippen LogP contribution is -2.28. The Morgan fingerprint density at radius 2 is 2.36 bits per heavy atom. The first-order valence-electron chi connectivity index (χ1n) is 6.53. The minimum Gasteiger partial charge on any atom is -0.461 e. The van der Waals surface area contributed by atoms with Crippen LogP contribution < -0.4 is 11.1 Å². The number of amides is 1. The molecule has 0 unspecified atom stereocenters. The van der Waals surface area contributed by atoms with Gasteiger partial charge >= 0.3 is 0 Å². The van der Waals surface area contributed by atoms with Gasteiger partial charge in [-0.2, -0.15) is 4.52 Å². The van der Waals surface area contributed by atoms with E-state index in [-0.39, 0.29) is 17.5 Å². The largest absolute Gasteiger partial charge is 0.461 e. The average molecular weight is 302 g/mol. The van der Waals surface area contributed by atoms with Crippen molar-refractivity contribution in [2.45, 2.75) is 0 Å². The van der Waals surface area contributed by atoms with Crippen molar-refractivity contribution in [2.75, 3.05) is 26.0 Å². The maximum atomic E-state index is 12.0. The molecular formula is C13H14N6O3. The van der Waals surface area contributed by atoms with Crippen molar-refractivity contribution >= 4 is 17.5 Å². The average Bonchev–Trinajstić information content (AvgIpc) is 3.16. The van der Waals surface area contributed by atoms with E-state index in [2.05, 4.69) is 20.4 Å². The van der Waals surface area contributed by atoms with Crippen LogP contribution in [-0.4, -0.2) is 45.8 Å². The summed E-state index contributed by atoms with van der Waals surface area (Å²) in [7, 11) is 1.56. The number of nitrogens with two attached hydrogens (primary N) is 1. The third-order valence-electron chi connectivity index (χ3n) is 2.92. The maximum Gasteiger partial charge on any atom is 0.270 e. The number of fused-ring (bicyclic) bond motifs is 1. The number of carbonyl (C=O) groups excluding carboxylic acids is 1. The number of ether oxygens (including phenoxy) is 1. The second kappa shape index (κ2) is 5.82. The molecule has 0 aliphatic carbocycles. The van der Waals surface area contributed by atoms with Gasteiger partial charge in [0.15, 0.2) is 11.4 Å². The predicted octanol–water partition coefficient (Wildman–Crippen LogP) is 0.343. The molecule has 3 aromatic rings. The minimum absolute atomic E-state index is 0.0692. The molecule has 1 amide bonds. The number of anilines is 1. The molecule has 0 aliphatic rings. The van der Waals surface area contributed by atoms with Gasteiger partial charge in [0, 0.05) is 19.7 Å². The van der Waals surface area contributed by atoms with Gasteiger partial charge in [-0.05, 0) is 12.1 Å². The summed E-state index contributed by atoms with van der Waals surface area (Å²) in [5, 5.41) is 6.87. The van der Waals surface area contributed by atoms with Crippen molar-refractivity contribution in [3.63, 3.8) is 0 Å². The van der Waals surface area contributed by atoms with Crippen molar-refractivity contribution in [3.8, 4) is 11.6 Å². The Kier molecular flexibility index (Phi) is 3.71. The van der Waals surface area contributed by atoms with E-state index in [1.165, 1.54) is 16.8 Å². The topological polar surface area (TPSA) is 121 Å². The Hall–Kier alpha value is -2.94. The highest BCUT2D eigenvalue weighted by Gasteiger charge is 2.15. The first-order chi connectivity index (χ1) is 10.7. The van der Waals surface area contributed by atoms with Crippen LogP contribution in [0, 0.1) is 0 Å². The van der Waals surface area contributed by atoms with Gasteiger partial charge < -0.3 is 20.2 Å². The standard InChI is InChI=1S/C13H14N6O3/c1-21-6-4-15-12(20)8-7-10-17-11(9-3-2-5-22-9)18-19(10)13(14)16-8/h2-3,5,7H,4,6H2,1H3,(H2,14,16)(H,15,20). The van der Waals surface area contributed by atoms with E-state index in [1.807, 2.05) is 0 Å². The molecule has 0 saturated carbocycles. The van der Waals surface area contributed by atoms with Gasteiger partial charge in [-0.3, -0.25) is 4.79 Å². The van der Waals surface area contributed by atoms with Crippen LogP contribution in [0.15, 0.2) is 28.9 Å². The van der Waals surface area contributed by atoms with E-state index >= 15 is 0 Å². The predicted molar refractivity (Wildman–Crippen MR) is 77.1 cm³/mol. The number of nitrogens with zero attached hydrogens (tertiary/aromatic N) is 4. The molecule has 114 valence electrons. The molecule has 22 heavy (non-hydrogen) atoms. The number of nitrogens with one attached hydrogen (secondary N) is 1. The van der Waals surface area contributed by atoms with E-state index in [9.17, 15) is 4.79 Å². The van der Waals surface area contributed by atoms with Crippen LogP contribution in [0.5, 0.6) is 0 Å². The zero-order valence-corrected chi connectivity index (χ0v) is 11.8. The van der Waals surface area contributed by atoms with E-state index in [0.29, 0.717) is 30.4 Å². The SMILES string of the molecule is COCCNC(=O)c1cc2nc(-c3ccco3)nn2c(N)n1. The van der Waals surface area contributed by atoms with Gasteiger partial charge in [-0.15, -0.1) is 5.10 Å². The van der Waals surface area contributed by atoms with Gasteiger partial charge in [0.05, 0.1) is 12.9 Å². The third-order valence-corrected chi connectivity index (χ3v) is 2.92. The fourth-order valence-corrected chi connectivity index (χ4v) is 1.90. The van der Waals surface area contributed by atoms with Crippen LogP contribution in [-0.2, 0) is 4.74 Å². The Balaban J connectivity index is 1.92. The molecule has 0 aliphatic heterocycles. The van der Waals surface area contributed by atoms with Crippen molar-refractivity contribution in [1.82, 2.24) is 24.9 Å². The zero-order valence-electron chi connectivity index (χ0n) is 11.8. The Labute approximate surface area is 125 Å². The second-order valence-corrected chi connectivity index (χ2v) is 4.43. The van der Waals surface area contributed by atoms with E-state index in [4.69, 9.17) is 14.9 Å². The summed E-state index contributed by atoms with van der Waals surface area (Å²) in [6.07, 6.45) is 1.53. The number of hydrogen-bond acceptors (Lipinski definition) is 7. The number of aromatic nitrogens is 4. The Morgan fingerprint density at radius 1 is 1.50 bits per heavy atom. The van der Waals surface area contributed by atoms with Gasteiger partial charge in [0.2, 0.25) is 11.8 Å². The minimum atomic E-state index is -0.353. The zero-order chi connectivity index (χ0) is 15.5. The number of rotatable bonds is 5. The molecule has 0 atom stereocenters. The first-order valence-corrected chi connectivity index (χ1v) is 6.53. The molecule has 0 saturated heterocycles. The van der Waals surface area contributed by atoms with Gasteiger partial charge in [-0.25, -0.2) is 9.97 Å². The fraction of sp³-hybridized carbons (Fsp3) is 0.231. The van der Waals surface area contributed by atoms with E-state index < -0.39 is 0 Å². The monoisotopic (exact) mass is 302 g/mol. The molecule has 3 N–H and O–H groups in total. The highest BCUT2D eigenvalue weighted by molar-refractivity contribution is 5.93. The van der Waals surface area contributed by atoms with Crippen molar-refractivity contribution in [2.24, 2.45) is 0 Å². The molecule has 3 heterocycles. The number of carbonyl (C=O) groups is 1. The quantitative estimate of drug-likeness (QED) is 0.652. The molecular weight excluding hydrogens is 288 g/mol. The summed E-state index contributed by atoms with van der Waals surface area (Å²) < 4.78 is 11.5. The summed E-state index contributed by atoms with van der Waals surface area (Å²) in [6, 6.07) is 4.98. The van der Waals surface area contributed by atoms with E-state index in [0.717, 1.165) is 0 Å². The summed E-state index contributed by atoms with van der Waals surface area (Å²) in [4.78, 5) is 20.3. The highest BCUT2D eigenvalue weighted by atomic mass is 16.5. The van der Waals surface area contributed by atoms with Crippen LogP contribution in [0.2, 0.25) is 0 Å². The number of methoxy groups -OCH3 is 1. The lowest BCUT2D eigenvalue weighted by molar-refractivity contribution is 0.0932. The second-order valence-electron chi connectivity index (χ2n) is 4.43. The van der Waals surface area contributed by atoms with Crippen LogP contribution in [0.3, 0.4) is 0 Å². The van der Waals surface area contributed by atoms with Crippen LogP contribution >= 0.6 is 0 Å². The number of furan rings is 1. The molecule has 3 aromatic heterocycles. The molecule has 9 heteroatoms. The fourth-order valence-electron chi connectivity index (χ4n) is 1.90. The Bertz CT molecular complexity index is 796. The van der Waals surface area contributed by atoms with Crippen molar-refractivity contribution in [1.29, 1.82) is 0 Å². The van der Waals surface area contributed by atoms with Crippen molar-refractivity contribution in [3.05, 3.63) is 30.2 Å². The summed E-state index contributed by atoms with van der Waals surface area (Å²) >= 11 is 0. The third kappa shape index (κ3) is 2.61. The summed E-state index contributed by atoms with van der Waals surface area (Å²) in [5.74, 6) is 0.595. The molecule has 3 rings (SSSR count). The van der Waals surface area contributed by atoms with Crippen LogP contribution in [0.4, 0.5) is 5.95 Å². The number of nitrogen functional groups attached to an aromatic ring is 1. The lowest BCUT2D eigenvalue weighted by Gasteiger charge is -2.05. The van der Waals surface area contributed by atoms with Gasteiger partial charge in [0.1, 0.15) is 5.69 Å². The van der Waals surface area contributed by atoms with Gasteiger partial charge in [-0.1, -0.05) is 0 Å². The summed E-state index contributed by atoms with van der Waals surface area (Å²) in [5.41, 5.74) is 6.41. The molecule has 0 bridgehead atoms. The smallest absolute Gasteiger partial charge is 0.270 e. The lowest BCUT2D eigenvalue weighted by atomic mass is 10.3.